The molecule has 5 heteroatoms. The second kappa shape index (κ2) is 3.90. The molecule has 3 heterocycles. The van der Waals surface area contributed by atoms with E-state index in [0.717, 1.165) is 50.3 Å². The standard InChI is InChI=1S/C11H16N4O/c16-11-14-10-9(2-1-5-13-10)15(11)8-3-6-12-7-4-8/h5,8,12H,1-4,6-7H2,(H,14,16). The van der Waals surface area contributed by atoms with Crippen molar-refractivity contribution in [2.75, 3.05) is 13.1 Å². The van der Waals surface area contributed by atoms with E-state index in [0.29, 0.717) is 6.04 Å². The molecule has 1 saturated heterocycles. The highest BCUT2D eigenvalue weighted by Gasteiger charge is 2.23. The van der Waals surface area contributed by atoms with Gasteiger partial charge in [-0.25, -0.2) is 9.79 Å². The van der Waals surface area contributed by atoms with Crippen LogP contribution in [0.3, 0.4) is 0 Å². The Balaban J connectivity index is 2.02. The molecule has 0 unspecified atom stereocenters. The zero-order valence-corrected chi connectivity index (χ0v) is 9.20. The number of aromatic amines is 1. The summed E-state index contributed by atoms with van der Waals surface area (Å²) >= 11 is 0. The molecule has 1 fully saturated rings. The van der Waals surface area contributed by atoms with Gasteiger partial charge >= 0.3 is 5.69 Å². The summed E-state index contributed by atoms with van der Waals surface area (Å²) in [7, 11) is 0. The maximum absolute atomic E-state index is 11.9. The topological polar surface area (TPSA) is 62.2 Å². The minimum Gasteiger partial charge on any atom is -0.317 e. The van der Waals surface area contributed by atoms with E-state index in [1.807, 2.05) is 10.8 Å². The Bertz CT molecular complexity index is 465. The van der Waals surface area contributed by atoms with Crippen LogP contribution in [-0.2, 0) is 6.42 Å². The van der Waals surface area contributed by atoms with Gasteiger partial charge in [0, 0.05) is 12.3 Å². The number of nitrogens with zero attached hydrogens (tertiary/aromatic N) is 2. The van der Waals surface area contributed by atoms with Crippen LogP contribution in [0, 0.1) is 0 Å². The first-order chi connectivity index (χ1) is 7.86. The summed E-state index contributed by atoms with van der Waals surface area (Å²) in [5, 5.41) is 3.32. The first-order valence-corrected chi connectivity index (χ1v) is 5.93. The normalized spacial score (nSPS) is 21.0. The number of aliphatic imine (C=N–C) groups is 1. The molecular weight excluding hydrogens is 204 g/mol. The van der Waals surface area contributed by atoms with Gasteiger partial charge in [0.05, 0.1) is 5.69 Å². The molecule has 0 radical (unpaired) electrons. The molecule has 0 aliphatic carbocycles. The van der Waals surface area contributed by atoms with Gasteiger partial charge in [0.1, 0.15) is 0 Å². The first kappa shape index (κ1) is 9.84. The predicted molar refractivity (Wildman–Crippen MR) is 62.7 cm³/mol. The van der Waals surface area contributed by atoms with E-state index >= 15 is 0 Å². The van der Waals surface area contributed by atoms with Gasteiger partial charge in [-0.1, -0.05) is 0 Å². The number of hydrogen-bond donors (Lipinski definition) is 2. The lowest BCUT2D eigenvalue weighted by Gasteiger charge is -2.25. The number of hydrogen-bond acceptors (Lipinski definition) is 3. The van der Waals surface area contributed by atoms with Gasteiger partial charge in [-0.3, -0.25) is 9.55 Å². The van der Waals surface area contributed by atoms with Gasteiger partial charge < -0.3 is 5.32 Å². The first-order valence-electron chi connectivity index (χ1n) is 5.93. The fourth-order valence-corrected chi connectivity index (χ4v) is 2.62. The quantitative estimate of drug-likeness (QED) is 0.733. The van der Waals surface area contributed by atoms with Gasteiger partial charge in [-0.15, -0.1) is 0 Å². The Hall–Kier alpha value is -1.36. The minimum absolute atomic E-state index is 0.0101. The number of H-pyrrole nitrogens is 1. The average molecular weight is 220 g/mol. The number of piperidine rings is 1. The van der Waals surface area contributed by atoms with Crippen LogP contribution in [0.5, 0.6) is 0 Å². The summed E-state index contributed by atoms with van der Waals surface area (Å²) in [5.41, 5.74) is 1.11. The third kappa shape index (κ3) is 1.51. The van der Waals surface area contributed by atoms with Gasteiger partial charge in [0.2, 0.25) is 0 Å². The third-order valence-electron chi connectivity index (χ3n) is 3.41. The second-order valence-electron chi connectivity index (χ2n) is 4.43. The van der Waals surface area contributed by atoms with Gasteiger partial charge in [0.25, 0.3) is 0 Å². The maximum atomic E-state index is 11.9. The van der Waals surface area contributed by atoms with Crippen LogP contribution in [0.15, 0.2) is 9.79 Å². The number of rotatable bonds is 1. The van der Waals surface area contributed by atoms with E-state index in [1.165, 1.54) is 0 Å². The molecule has 0 bridgehead atoms. The maximum Gasteiger partial charge on any atom is 0.327 e. The summed E-state index contributed by atoms with van der Waals surface area (Å²) in [6.07, 6.45) is 5.82. The summed E-state index contributed by atoms with van der Waals surface area (Å²) in [4.78, 5) is 19.0. The molecule has 1 aromatic rings. The SMILES string of the molecule is O=c1[nH]c2c(n1C1CCNCC1)CCC=N2. The van der Waals surface area contributed by atoms with Crippen molar-refractivity contribution in [1.29, 1.82) is 0 Å². The van der Waals surface area contributed by atoms with Crippen LogP contribution >= 0.6 is 0 Å². The predicted octanol–water partition coefficient (Wildman–Crippen LogP) is 0.749. The Labute approximate surface area is 93.6 Å². The van der Waals surface area contributed by atoms with Crippen molar-refractivity contribution in [1.82, 2.24) is 14.9 Å². The molecule has 3 rings (SSSR count). The van der Waals surface area contributed by atoms with Crippen molar-refractivity contribution >= 4 is 12.0 Å². The molecule has 0 spiro atoms. The summed E-state index contributed by atoms with van der Waals surface area (Å²) in [6.45, 7) is 2.00. The lowest BCUT2D eigenvalue weighted by atomic mass is 10.1. The lowest BCUT2D eigenvalue weighted by molar-refractivity contribution is 0.354. The Morgan fingerprint density at radius 2 is 2.19 bits per heavy atom. The van der Waals surface area contributed by atoms with Crippen molar-refractivity contribution in [2.24, 2.45) is 4.99 Å². The fourth-order valence-electron chi connectivity index (χ4n) is 2.62. The van der Waals surface area contributed by atoms with Gasteiger partial charge in [-0.05, 0) is 38.8 Å². The number of fused-ring (bicyclic) bond motifs is 1. The van der Waals surface area contributed by atoms with E-state index in [1.54, 1.807) is 0 Å². The molecule has 16 heavy (non-hydrogen) atoms. The third-order valence-corrected chi connectivity index (χ3v) is 3.41. The van der Waals surface area contributed by atoms with E-state index in [9.17, 15) is 4.79 Å². The van der Waals surface area contributed by atoms with Crippen LogP contribution in [0.2, 0.25) is 0 Å². The lowest BCUT2D eigenvalue weighted by Crippen LogP contribution is -2.34. The molecule has 0 amide bonds. The largest absolute Gasteiger partial charge is 0.327 e. The van der Waals surface area contributed by atoms with Crippen molar-refractivity contribution in [2.45, 2.75) is 31.7 Å². The van der Waals surface area contributed by atoms with Gasteiger partial charge in [0.15, 0.2) is 5.82 Å². The minimum atomic E-state index is 0.0101. The molecule has 0 atom stereocenters. The van der Waals surface area contributed by atoms with E-state index < -0.39 is 0 Å². The number of imidazole rings is 1. The highest BCUT2D eigenvalue weighted by Crippen LogP contribution is 2.26. The van der Waals surface area contributed by atoms with Crippen LogP contribution in [-0.4, -0.2) is 28.9 Å². The van der Waals surface area contributed by atoms with Crippen LogP contribution in [0.4, 0.5) is 5.82 Å². The monoisotopic (exact) mass is 220 g/mol. The molecule has 2 aliphatic rings. The van der Waals surface area contributed by atoms with Crippen molar-refractivity contribution in [3.8, 4) is 0 Å². The Morgan fingerprint density at radius 3 is 3.00 bits per heavy atom. The fraction of sp³-hybridized carbons (Fsp3) is 0.636. The molecular formula is C11H16N4O. The molecule has 86 valence electrons. The van der Waals surface area contributed by atoms with Gasteiger partial charge in [-0.2, -0.15) is 0 Å². The van der Waals surface area contributed by atoms with Crippen LogP contribution in [0.25, 0.3) is 0 Å². The summed E-state index contributed by atoms with van der Waals surface area (Å²) in [6, 6.07) is 0.349. The zero-order valence-electron chi connectivity index (χ0n) is 9.20. The molecule has 1 aromatic heterocycles. The molecule has 0 aromatic carbocycles. The Kier molecular flexibility index (Phi) is 2.40. The summed E-state index contributed by atoms with van der Waals surface area (Å²) in [5.74, 6) is 0.773. The highest BCUT2D eigenvalue weighted by atomic mass is 16.1. The smallest absolute Gasteiger partial charge is 0.317 e. The Morgan fingerprint density at radius 1 is 1.38 bits per heavy atom. The van der Waals surface area contributed by atoms with Crippen molar-refractivity contribution in [3.05, 3.63) is 16.2 Å². The highest BCUT2D eigenvalue weighted by molar-refractivity contribution is 5.66. The number of aromatic nitrogens is 2. The van der Waals surface area contributed by atoms with Crippen LogP contribution < -0.4 is 11.0 Å². The summed E-state index contributed by atoms with van der Waals surface area (Å²) < 4.78 is 1.94. The zero-order chi connectivity index (χ0) is 11.0. The van der Waals surface area contributed by atoms with Crippen molar-refractivity contribution < 1.29 is 0 Å². The molecule has 2 N–H and O–H groups in total. The number of nitrogens with one attached hydrogen (secondary N) is 2. The average Bonchev–Trinajstić information content (AvgIpc) is 2.66. The molecule has 2 aliphatic heterocycles. The van der Waals surface area contributed by atoms with Crippen molar-refractivity contribution in [3.63, 3.8) is 0 Å². The van der Waals surface area contributed by atoms with E-state index in [4.69, 9.17) is 0 Å². The van der Waals surface area contributed by atoms with Crippen LogP contribution in [0.1, 0.15) is 31.0 Å². The second-order valence-corrected chi connectivity index (χ2v) is 4.43. The molecule has 5 nitrogen and oxygen atoms in total. The van der Waals surface area contributed by atoms with E-state index in [2.05, 4.69) is 15.3 Å². The molecule has 0 saturated carbocycles. The van der Waals surface area contributed by atoms with E-state index in [-0.39, 0.29) is 5.69 Å².